The molecule has 1 amide bonds. The second kappa shape index (κ2) is 8.55. The summed E-state index contributed by atoms with van der Waals surface area (Å²) in [5.74, 6) is 1.23. The maximum Gasteiger partial charge on any atom is 0.263 e. The lowest BCUT2D eigenvalue weighted by molar-refractivity contribution is -0.138. The first-order chi connectivity index (χ1) is 10.4. The summed E-state index contributed by atoms with van der Waals surface area (Å²) in [7, 11) is 0. The zero-order valence-corrected chi connectivity index (χ0v) is 15.4. The molecule has 0 bridgehead atoms. The number of ether oxygens (including phenoxy) is 1. The first-order valence-corrected chi connectivity index (χ1v) is 8.21. The molecular weight excluding hydrogens is 312 g/mol. The fraction of sp³-hybridized carbons (Fsp3) is 0.611. The molecule has 2 N–H and O–H groups in total. The Morgan fingerprint density at radius 3 is 2.70 bits per heavy atom. The number of nitrogens with two attached hydrogens (primary N) is 1. The van der Waals surface area contributed by atoms with Crippen molar-refractivity contribution in [1.82, 2.24) is 4.90 Å². The van der Waals surface area contributed by atoms with Gasteiger partial charge in [0, 0.05) is 19.1 Å². The molecule has 23 heavy (non-hydrogen) atoms. The molecule has 1 saturated heterocycles. The summed E-state index contributed by atoms with van der Waals surface area (Å²) in [6.45, 7) is 9.46. The third kappa shape index (κ3) is 4.61. The predicted octanol–water partition coefficient (Wildman–Crippen LogP) is 3.26. The summed E-state index contributed by atoms with van der Waals surface area (Å²) in [5, 5.41) is 0. The number of carbonyl (C=O) groups is 1. The van der Waals surface area contributed by atoms with Crippen LogP contribution in [-0.2, 0) is 4.79 Å². The molecule has 0 aromatic heterocycles. The first-order valence-electron chi connectivity index (χ1n) is 8.21. The van der Waals surface area contributed by atoms with Crippen molar-refractivity contribution in [3.63, 3.8) is 0 Å². The number of hydrogen-bond donors (Lipinski definition) is 1. The first kappa shape index (κ1) is 19.8. The second-order valence-electron chi connectivity index (χ2n) is 6.52. The molecule has 2 rings (SSSR count). The van der Waals surface area contributed by atoms with Crippen LogP contribution in [-0.4, -0.2) is 36.0 Å². The number of amides is 1. The van der Waals surface area contributed by atoms with Crippen molar-refractivity contribution < 1.29 is 9.53 Å². The standard InChI is InChI=1S/C18H28N2O2.ClH/c1-12(2)16-8-7-13(3)10-17(16)22-14(4)18(21)20-9-5-6-15(20)11-19;/h7-8,10,12,14-15H,5-6,9,11,19H2,1-4H3;1H. The van der Waals surface area contributed by atoms with Crippen molar-refractivity contribution in [2.24, 2.45) is 5.73 Å². The van der Waals surface area contributed by atoms with Crippen molar-refractivity contribution in [3.05, 3.63) is 29.3 Å². The molecule has 2 unspecified atom stereocenters. The van der Waals surface area contributed by atoms with E-state index in [2.05, 4.69) is 26.0 Å². The predicted molar refractivity (Wildman–Crippen MR) is 96.4 cm³/mol. The summed E-state index contributed by atoms with van der Waals surface area (Å²) in [4.78, 5) is 14.5. The topological polar surface area (TPSA) is 55.6 Å². The summed E-state index contributed by atoms with van der Waals surface area (Å²) in [5.41, 5.74) is 8.04. The molecule has 2 atom stereocenters. The summed E-state index contributed by atoms with van der Waals surface area (Å²) < 4.78 is 6.02. The Morgan fingerprint density at radius 2 is 2.09 bits per heavy atom. The number of carbonyl (C=O) groups excluding carboxylic acids is 1. The lowest BCUT2D eigenvalue weighted by Crippen LogP contribution is -2.45. The van der Waals surface area contributed by atoms with E-state index < -0.39 is 6.10 Å². The zero-order valence-electron chi connectivity index (χ0n) is 14.5. The normalized spacial score (nSPS) is 18.7. The van der Waals surface area contributed by atoms with Crippen LogP contribution in [0.3, 0.4) is 0 Å². The third-order valence-corrected chi connectivity index (χ3v) is 4.37. The maximum absolute atomic E-state index is 12.6. The van der Waals surface area contributed by atoms with Gasteiger partial charge in [-0.2, -0.15) is 0 Å². The highest BCUT2D eigenvalue weighted by molar-refractivity contribution is 5.85. The molecule has 1 aliphatic rings. The van der Waals surface area contributed by atoms with Gasteiger partial charge in [-0.3, -0.25) is 4.79 Å². The Balaban J connectivity index is 0.00000264. The van der Waals surface area contributed by atoms with E-state index in [0.29, 0.717) is 12.5 Å². The summed E-state index contributed by atoms with van der Waals surface area (Å²) >= 11 is 0. The van der Waals surface area contributed by atoms with Crippen molar-refractivity contribution in [1.29, 1.82) is 0 Å². The highest BCUT2D eigenvalue weighted by Crippen LogP contribution is 2.29. The van der Waals surface area contributed by atoms with Crippen LogP contribution in [0.4, 0.5) is 0 Å². The number of nitrogens with zero attached hydrogens (tertiary/aromatic N) is 1. The van der Waals surface area contributed by atoms with Gasteiger partial charge in [-0.1, -0.05) is 26.0 Å². The SMILES string of the molecule is Cc1ccc(C(C)C)c(OC(C)C(=O)N2CCCC2CN)c1.Cl. The summed E-state index contributed by atoms with van der Waals surface area (Å²) in [6.07, 6.45) is 1.55. The van der Waals surface area contributed by atoms with E-state index in [1.165, 1.54) is 0 Å². The van der Waals surface area contributed by atoms with E-state index in [4.69, 9.17) is 10.5 Å². The Hall–Kier alpha value is -1.26. The van der Waals surface area contributed by atoms with Gasteiger partial charge in [-0.05, 0) is 49.8 Å². The third-order valence-electron chi connectivity index (χ3n) is 4.37. The van der Waals surface area contributed by atoms with E-state index >= 15 is 0 Å². The minimum absolute atomic E-state index is 0. The van der Waals surface area contributed by atoms with E-state index in [-0.39, 0.29) is 24.4 Å². The van der Waals surface area contributed by atoms with Gasteiger partial charge in [-0.25, -0.2) is 0 Å². The number of aryl methyl sites for hydroxylation is 1. The maximum atomic E-state index is 12.6. The largest absolute Gasteiger partial charge is 0.481 e. The molecule has 4 nitrogen and oxygen atoms in total. The lowest BCUT2D eigenvalue weighted by Gasteiger charge is -2.27. The molecule has 5 heteroatoms. The van der Waals surface area contributed by atoms with Crippen LogP contribution in [0.5, 0.6) is 5.75 Å². The number of rotatable bonds is 5. The smallest absolute Gasteiger partial charge is 0.263 e. The number of hydrogen-bond acceptors (Lipinski definition) is 3. The van der Waals surface area contributed by atoms with Gasteiger partial charge in [0.25, 0.3) is 5.91 Å². The van der Waals surface area contributed by atoms with Gasteiger partial charge >= 0.3 is 0 Å². The van der Waals surface area contributed by atoms with Gasteiger partial charge in [0.2, 0.25) is 0 Å². The number of likely N-dealkylation sites (tertiary alicyclic amines) is 1. The minimum atomic E-state index is -0.480. The zero-order chi connectivity index (χ0) is 16.3. The van der Waals surface area contributed by atoms with Crippen molar-refractivity contribution in [2.45, 2.75) is 58.6 Å². The molecule has 0 aliphatic carbocycles. The molecular formula is C18H29ClN2O2. The molecule has 1 aromatic rings. The van der Waals surface area contributed by atoms with Crippen LogP contribution in [0.2, 0.25) is 0 Å². The van der Waals surface area contributed by atoms with Crippen LogP contribution >= 0.6 is 12.4 Å². The van der Waals surface area contributed by atoms with Crippen LogP contribution in [0.15, 0.2) is 18.2 Å². The van der Waals surface area contributed by atoms with E-state index in [1.807, 2.05) is 24.8 Å². The molecule has 0 saturated carbocycles. The van der Waals surface area contributed by atoms with Gasteiger partial charge in [0.1, 0.15) is 5.75 Å². The molecule has 1 heterocycles. The Labute approximate surface area is 145 Å². The average molecular weight is 341 g/mol. The number of halogens is 1. The highest BCUT2D eigenvalue weighted by atomic mass is 35.5. The fourth-order valence-electron chi connectivity index (χ4n) is 3.07. The minimum Gasteiger partial charge on any atom is -0.481 e. The van der Waals surface area contributed by atoms with E-state index in [1.54, 1.807) is 0 Å². The van der Waals surface area contributed by atoms with Crippen LogP contribution < -0.4 is 10.5 Å². The van der Waals surface area contributed by atoms with Gasteiger partial charge < -0.3 is 15.4 Å². The Bertz CT molecular complexity index is 534. The average Bonchev–Trinajstić information content (AvgIpc) is 2.94. The number of benzene rings is 1. The van der Waals surface area contributed by atoms with Gasteiger partial charge in [0.15, 0.2) is 6.10 Å². The monoisotopic (exact) mass is 340 g/mol. The molecule has 0 spiro atoms. The Kier molecular flexibility index (Phi) is 7.36. The van der Waals surface area contributed by atoms with Crippen molar-refractivity contribution >= 4 is 18.3 Å². The Morgan fingerprint density at radius 1 is 1.39 bits per heavy atom. The summed E-state index contributed by atoms with van der Waals surface area (Å²) in [6, 6.07) is 6.36. The lowest BCUT2D eigenvalue weighted by atomic mass is 10.0. The van der Waals surface area contributed by atoms with E-state index in [0.717, 1.165) is 36.3 Å². The van der Waals surface area contributed by atoms with Gasteiger partial charge in [-0.15, -0.1) is 12.4 Å². The van der Waals surface area contributed by atoms with Crippen LogP contribution in [0, 0.1) is 6.92 Å². The molecule has 0 radical (unpaired) electrons. The van der Waals surface area contributed by atoms with Crippen LogP contribution in [0.1, 0.15) is 50.7 Å². The second-order valence-corrected chi connectivity index (χ2v) is 6.52. The van der Waals surface area contributed by atoms with Gasteiger partial charge in [0.05, 0.1) is 0 Å². The van der Waals surface area contributed by atoms with Crippen molar-refractivity contribution in [2.75, 3.05) is 13.1 Å². The molecule has 1 aromatic carbocycles. The quantitative estimate of drug-likeness (QED) is 0.895. The van der Waals surface area contributed by atoms with E-state index in [9.17, 15) is 4.79 Å². The molecule has 130 valence electrons. The molecule has 1 fully saturated rings. The van der Waals surface area contributed by atoms with Crippen LogP contribution in [0.25, 0.3) is 0 Å². The molecule has 1 aliphatic heterocycles. The fourth-order valence-corrected chi connectivity index (χ4v) is 3.07. The highest BCUT2D eigenvalue weighted by Gasteiger charge is 2.31. The van der Waals surface area contributed by atoms with Crippen molar-refractivity contribution in [3.8, 4) is 5.75 Å².